The van der Waals surface area contributed by atoms with Crippen LogP contribution >= 0.6 is 0 Å². The van der Waals surface area contributed by atoms with Crippen molar-refractivity contribution in [2.24, 2.45) is 0 Å². The maximum Gasteiger partial charge on any atom is 0.460 e. The van der Waals surface area contributed by atoms with E-state index in [9.17, 15) is 70.7 Å². The number of carboxylic acid groups (broad SMARTS) is 1. The molecular formula is C15H7F15O3. The van der Waals surface area contributed by atoms with Gasteiger partial charge in [0, 0.05) is 0 Å². The van der Waals surface area contributed by atoms with E-state index in [1.807, 2.05) is 0 Å². The van der Waals surface area contributed by atoms with Gasteiger partial charge in [0.15, 0.2) is 6.61 Å². The van der Waals surface area contributed by atoms with Crippen molar-refractivity contribution in [2.75, 3.05) is 6.61 Å². The lowest BCUT2D eigenvalue weighted by Crippen LogP contribution is -2.73. The zero-order valence-corrected chi connectivity index (χ0v) is 14.9. The van der Waals surface area contributed by atoms with Crippen molar-refractivity contribution >= 4 is 5.97 Å². The van der Waals surface area contributed by atoms with Gasteiger partial charge in [-0.2, -0.15) is 65.9 Å². The monoisotopic (exact) mass is 520 g/mol. The molecule has 0 fully saturated rings. The Bertz CT molecular complexity index is 858. The second kappa shape index (κ2) is 8.03. The van der Waals surface area contributed by atoms with Gasteiger partial charge in [-0.1, -0.05) is 0 Å². The highest BCUT2D eigenvalue weighted by Crippen LogP contribution is 2.62. The predicted octanol–water partition coefficient (Wildman–Crippen LogP) is 6.14. The number of halogens is 15. The van der Waals surface area contributed by atoms with Crippen LogP contribution < -0.4 is 4.74 Å². The normalized spacial score (nSPS) is 14.9. The Kier molecular flexibility index (Phi) is 6.93. The van der Waals surface area contributed by atoms with Crippen molar-refractivity contribution < 1.29 is 80.5 Å². The third kappa shape index (κ3) is 4.34. The van der Waals surface area contributed by atoms with Gasteiger partial charge >= 0.3 is 47.7 Å². The molecule has 0 amide bonds. The van der Waals surface area contributed by atoms with Gasteiger partial charge < -0.3 is 9.84 Å². The van der Waals surface area contributed by atoms with E-state index in [0.29, 0.717) is 24.3 Å². The summed E-state index contributed by atoms with van der Waals surface area (Å²) < 4.78 is 199. The van der Waals surface area contributed by atoms with Crippen molar-refractivity contribution in [3.8, 4) is 5.75 Å². The summed E-state index contributed by atoms with van der Waals surface area (Å²) in [6, 6.07) is 2.19. The first-order chi connectivity index (χ1) is 14.4. The first kappa shape index (κ1) is 28.5. The average Bonchev–Trinajstić information content (AvgIpc) is 2.65. The quantitative estimate of drug-likeness (QED) is 0.399. The lowest BCUT2D eigenvalue weighted by Gasteiger charge is -2.41. The Morgan fingerprint density at radius 2 is 1.00 bits per heavy atom. The fourth-order valence-corrected chi connectivity index (χ4v) is 1.96. The third-order valence-electron chi connectivity index (χ3n) is 3.91. The molecule has 1 aromatic carbocycles. The second-order valence-electron chi connectivity index (χ2n) is 6.19. The maximum absolute atomic E-state index is 13.6. The highest BCUT2D eigenvalue weighted by molar-refractivity contribution is 5.87. The van der Waals surface area contributed by atoms with Crippen LogP contribution in [0.1, 0.15) is 10.4 Å². The standard InChI is InChI=1S/C15H7F15O3/c16-9(17,5-33-7-3-1-6(2-4-7)8(31)32)10(18,19)11(20,21)12(22,23)13(24,25)14(26,27)15(28,29)30/h1-4H,5H2,(H,31,32). The molecule has 0 aliphatic rings. The Morgan fingerprint density at radius 3 is 1.36 bits per heavy atom. The zero-order valence-electron chi connectivity index (χ0n) is 14.9. The van der Waals surface area contributed by atoms with Crippen LogP contribution in [0.3, 0.4) is 0 Å². The molecule has 18 heteroatoms. The average molecular weight is 520 g/mol. The molecule has 0 bridgehead atoms. The molecule has 1 aromatic rings. The van der Waals surface area contributed by atoms with E-state index in [1.54, 1.807) is 0 Å². The molecule has 0 heterocycles. The van der Waals surface area contributed by atoms with Crippen LogP contribution in [0.4, 0.5) is 65.9 Å². The predicted molar refractivity (Wildman–Crippen MR) is 74.6 cm³/mol. The number of benzene rings is 1. The van der Waals surface area contributed by atoms with E-state index in [2.05, 4.69) is 4.74 Å². The lowest BCUT2D eigenvalue weighted by atomic mass is 9.91. The highest BCUT2D eigenvalue weighted by Gasteiger charge is 2.93. The number of carboxylic acids is 1. The molecule has 3 nitrogen and oxygen atoms in total. The van der Waals surface area contributed by atoms with Gasteiger partial charge in [-0.05, 0) is 24.3 Å². The summed E-state index contributed by atoms with van der Waals surface area (Å²) >= 11 is 0. The van der Waals surface area contributed by atoms with Crippen LogP contribution in [0, 0.1) is 0 Å². The molecule has 0 radical (unpaired) electrons. The highest BCUT2D eigenvalue weighted by atomic mass is 19.4. The fraction of sp³-hybridized carbons (Fsp3) is 0.533. The van der Waals surface area contributed by atoms with Gasteiger partial charge in [0.2, 0.25) is 0 Å². The summed E-state index contributed by atoms with van der Waals surface area (Å²) in [7, 11) is 0. The van der Waals surface area contributed by atoms with E-state index in [-0.39, 0.29) is 0 Å². The number of rotatable bonds is 9. The summed E-state index contributed by atoms with van der Waals surface area (Å²) in [5, 5.41) is 8.58. The van der Waals surface area contributed by atoms with E-state index in [1.165, 1.54) is 0 Å². The van der Waals surface area contributed by atoms with Crippen molar-refractivity contribution in [3.05, 3.63) is 29.8 Å². The molecule has 1 rings (SSSR count). The first-order valence-corrected chi connectivity index (χ1v) is 7.68. The first-order valence-electron chi connectivity index (χ1n) is 7.68. The molecule has 0 aliphatic heterocycles. The van der Waals surface area contributed by atoms with E-state index in [4.69, 9.17) is 5.11 Å². The van der Waals surface area contributed by atoms with Gasteiger partial charge in [0.1, 0.15) is 5.75 Å². The number of aromatic carboxylic acids is 1. The van der Waals surface area contributed by atoms with Gasteiger partial charge in [0.05, 0.1) is 5.56 Å². The van der Waals surface area contributed by atoms with Crippen LogP contribution in [-0.2, 0) is 0 Å². The second-order valence-corrected chi connectivity index (χ2v) is 6.19. The van der Waals surface area contributed by atoms with Gasteiger partial charge in [-0.25, -0.2) is 4.79 Å². The van der Waals surface area contributed by atoms with Crippen LogP contribution in [0.25, 0.3) is 0 Å². The molecule has 0 spiro atoms. The van der Waals surface area contributed by atoms with E-state index < -0.39 is 65.6 Å². The van der Waals surface area contributed by atoms with Crippen molar-refractivity contribution in [3.63, 3.8) is 0 Å². The minimum atomic E-state index is -8.37. The minimum absolute atomic E-state index is 0.489. The number of hydrogen-bond acceptors (Lipinski definition) is 2. The smallest absolute Gasteiger partial charge is 0.460 e. The van der Waals surface area contributed by atoms with Gasteiger partial charge in [-0.15, -0.1) is 0 Å². The van der Waals surface area contributed by atoms with E-state index >= 15 is 0 Å². The van der Waals surface area contributed by atoms with Crippen molar-refractivity contribution in [1.82, 2.24) is 0 Å². The summed E-state index contributed by atoms with van der Waals surface area (Å²) in [6.45, 7) is -3.00. The van der Waals surface area contributed by atoms with Gasteiger partial charge in [0.25, 0.3) is 0 Å². The molecule has 0 aromatic heterocycles. The molecule has 0 atom stereocenters. The number of hydrogen-bond donors (Lipinski definition) is 1. The Morgan fingerprint density at radius 1 is 0.636 bits per heavy atom. The summed E-state index contributed by atoms with van der Waals surface area (Å²) in [6.07, 6.45) is -7.67. The maximum atomic E-state index is 13.6. The van der Waals surface area contributed by atoms with Gasteiger partial charge in [-0.3, -0.25) is 0 Å². The fourth-order valence-electron chi connectivity index (χ4n) is 1.96. The molecule has 0 saturated carbocycles. The number of carbonyl (C=O) groups is 1. The molecule has 190 valence electrons. The molecule has 0 unspecified atom stereocenters. The third-order valence-corrected chi connectivity index (χ3v) is 3.91. The van der Waals surface area contributed by atoms with Crippen LogP contribution in [-0.4, -0.2) is 59.4 Å². The van der Waals surface area contributed by atoms with E-state index in [0.717, 1.165) is 0 Å². The Balaban J connectivity index is 3.31. The zero-order chi connectivity index (χ0) is 26.5. The minimum Gasteiger partial charge on any atom is -0.487 e. The molecule has 0 aliphatic carbocycles. The summed E-state index contributed by atoms with van der Waals surface area (Å²) in [5.41, 5.74) is -0.529. The Labute approximate surface area is 171 Å². The largest absolute Gasteiger partial charge is 0.487 e. The number of alkyl halides is 15. The molecule has 33 heavy (non-hydrogen) atoms. The number of ether oxygens (including phenoxy) is 1. The molecule has 1 N–H and O–H groups in total. The van der Waals surface area contributed by atoms with Crippen LogP contribution in [0.5, 0.6) is 5.75 Å². The Hall–Kier alpha value is -2.56. The molecular weight excluding hydrogens is 513 g/mol. The summed E-state index contributed by atoms with van der Waals surface area (Å²) in [5.74, 6) is -49.7. The summed E-state index contributed by atoms with van der Waals surface area (Å²) in [4.78, 5) is 10.6. The molecule has 0 saturated heterocycles. The van der Waals surface area contributed by atoms with Crippen molar-refractivity contribution in [2.45, 2.75) is 41.7 Å². The van der Waals surface area contributed by atoms with Crippen LogP contribution in [0.2, 0.25) is 0 Å². The topological polar surface area (TPSA) is 46.5 Å². The van der Waals surface area contributed by atoms with Crippen molar-refractivity contribution in [1.29, 1.82) is 0 Å². The SMILES string of the molecule is O=C(O)c1ccc(OCC(F)(F)C(F)(F)C(F)(F)C(F)(F)C(F)(F)C(F)(F)C(F)(F)F)cc1. The lowest BCUT2D eigenvalue weighted by molar-refractivity contribution is -0.453. The van der Waals surface area contributed by atoms with Crippen LogP contribution in [0.15, 0.2) is 24.3 Å².